The Hall–Kier alpha value is -2.07. The van der Waals surface area contributed by atoms with Crippen molar-refractivity contribution in [1.82, 2.24) is 0 Å². The van der Waals surface area contributed by atoms with Crippen molar-refractivity contribution in [3.63, 3.8) is 0 Å². The van der Waals surface area contributed by atoms with Crippen molar-refractivity contribution in [1.29, 1.82) is 0 Å². The van der Waals surface area contributed by atoms with Gasteiger partial charge in [0.2, 0.25) is 5.91 Å². The van der Waals surface area contributed by atoms with E-state index < -0.39 is 0 Å². The van der Waals surface area contributed by atoms with Crippen LogP contribution in [-0.4, -0.2) is 17.4 Å². The zero-order valence-corrected chi connectivity index (χ0v) is 16.0. The van der Waals surface area contributed by atoms with Crippen LogP contribution >= 0.6 is 11.8 Å². The standard InChI is InChI=1S/C22H25NO2S/c1-16-7-9-17(10-8-16)21(24)15-26-20-13-11-19(12-14-20)23-22(25)18-5-3-2-4-6-18/h7-14,18H,2-6,15H2,1H3,(H,23,25). The Morgan fingerprint density at radius 2 is 1.62 bits per heavy atom. The first kappa shape index (κ1) is 18.7. The molecule has 0 saturated heterocycles. The van der Waals surface area contributed by atoms with Gasteiger partial charge < -0.3 is 5.32 Å². The minimum absolute atomic E-state index is 0.129. The van der Waals surface area contributed by atoms with E-state index >= 15 is 0 Å². The third kappa shape index (κ3) is 5.21. The number of hydrogen-bond acceptors (Lipinski definition) is 3. The Morgan fingerprint density at radius 3 is 2.27 bits per heavy atom. The number of nitrogens with one attached hydrogen (secondary N) is 1. The fourth-order valence-corrected chi connectivity index (χ4v) is 4.01. The fourth-order valence-electron chi connectivity index (χ4n) is 3.22. The zero-order chi connectivity index (χ0) is 18.4. The number of thioether (sulfide) groups is 1. The first-order chi connectivity index (χ1) is 12.6. The Bertz CT molecular complexity index is 747. The number of anilines is 1. The number of ketones is 1. The van der Waals surface area contributed by atoms with E-state index in [1.165, 1.54) is 18.2 Å². The number of benzene rings is 2. The molecule has 136 valence electrons. The highest BCUT2D eigenvalue weighted by Gasteiger charge is 2.20. The molecule has 1 aliphatic rings. The number of rotatable bonds is 6. The zero-order valence-electron chi connectivity index (χ0n) is 15.2. The molecule has 1 aliphatic carbocycles. The Balaban J connectivity index is 1.50. The molecule has 4 heteroatoms. The summed E-state index contributed by atoms with van der Waals surface area (Å²) in [6.45, 7) is 2.01. The second-order valence-corrected chi connectivity index (χ2v) is 7.98. The van der Waals surface area contributed by atoms with Gasteiger partial charge in [-0.1, -0.05) is 49.1 Å². The van der Waals surface area contributed by atoms with Gasteiger partial charge >= 0.3 is 0 Å². The molecular formula is C22H25NO2S. The smallest absolute Gasteiger partial charge is 0.227 e. The van der Waals surface area contributed by atoms with Crippen LogP contribution in [0.15, 0.2) is 53.4 Å². The predicted molar refractivity (Wildman–Crippen MR) is 108 cm³/mol. The highest BCUT2D eigenvalue weighted by atomic mass is 32.2. The van der Waals surface area contributed by atoms with Crippen LogP contribution in [0, 0.1) is 12.8 Å². The molecule has 0 aliphatic heterocycles. The maximum Gasteiger partial charge on any atom is 0.227 e. The van der Waals surface area contributed by atoms with Crippen LogP contribution in [0.5, 0.6) is 0 Å². The van der Waals surface area contributed by atoms with Gasteiger partial charge in [-0.15, -0.1) is 11.8 Å². The summed E-state index contributed by atoms with van der Waals surface area (Å²) in [5.74, 6) is 0.839. The van der Waals surface area contributed by atoms with Gasteiger partial charge in [-0.3, -0.25) is 9.59 Å². The summed E-state index contributed by atoms with van der Waals surface area (Å²) in [5, 5.41) is 3.02. The third-order valence-electron chi connectivity index (χ3n) is 4.84. The van der Waals surface area contributed by atoms with E-state index in [-0.39, 0.29) is 17.6 Å². The van der Waals surface area contributed by atoms with Crippen LogP contribution < -0.4 is 5.32 Å². The summed E-state index contributed by atoms with van der Waals surface area (Å²) in [6.07, 6.45) is 5.56. The molecule has 1 N–H and O–H groups in total. The van der Waals surface area contributed by atoms with Crippen molar-refractivity contribution in [2.45, 2.75) is 43.9 Å². The van der Waals surface area contributed by atoms with Crippen LogP contribution in [0.25, 0.3) is 0 Å². The molecule has 0 spiro atoms. The van der Waals surface area contributed by atoms with E-state index in [0.717, 1.165) is 47.4 Å². The van der Waals surface area contributed by atoms with Gasteiger partial charge in [-0.2, -0.15) is 0 Å². The van der Waals surface area contributed by atoms with Crippen molar-refractivity contribution >= 4 is 29.1 Å². The second kappa shape index (κ2) is 9.04. The summed E-state index contributed by atoms with van der Waals surface area (Å²) in [5.41, 5.74) is 2.73. The van der Waals surface area contributed by atoms with E-state index in [4.69, 9.17) is 0 Å². The van der Waals surface area contributed by atoms with Crippen LogP contribution in [0.4, 0.5) is 5.69 Å². The Kier molecular flexibility index (Phi) is 6.51. The second-order valence-electron chi connectivity index (χ2n) is 6.93. The molecule has 1 fully saturated rings. The molecule has 1 amide bonds. The number of hydrogen-bond donors (Lipinski definition) is 1. The lowest BCUT2D eigenvalue weighted by Gasteiger charge is -2.20. The van der Waals surface area contributed by atoms with Crippen LogP contribution in [0.1, 0.15) is 48.0 Å². The molecule has 2 aromatic rings. The fraction of sp³-hybridized carbons (Fsp3) is 0.364. The van der Waals surface area contributed by atoms with Gasteiger partial charge in [-0.05, 0) is 44.0 Å². The summed E-state index contributed by atoms with van der Waals surface area (Å²) in [4.78, 5) is 25.6. The average Bonchev–Trinajstić information content (AvgIpc) is 2.68. The maximum absolute atomic E-state index is 12.3. The summed E-state index contributed by atoms with van der Waals surface area (Å²) >= 11 is 1.52. The molecule has 1 saturated carbocycles. The van der Waals surface area contributed by atoms with Crippen molar-refractivity contribution < 1.29 is 9.59 Å². The third-order valence-corrected chi connectivity index (χ3v) is 5.85. The van der Waals surface area contributed by atoms with Crippen molar-refractivity contribution in [2.75, 3.05) is 11.1 Å². The largest absolute Gasteiger partial charge is 0.326 e. The van der Waals surface area contributed by atoms with Gasteiger partial charge in [0.05, 0.1) is 5.75 Å². The molecule has 3 rings (SSSR count). The summed E-state index contributed by atoms with van der Waals surface area (Å²) < 4.78 is 0. The van der Waals surface area contributed by atoms with Gasteiger partial charge in [0.15, 0.2) is 5.78 Å². The highest BCUT2D eigenvalue weighted by Crippen LogP contribution is 2.26. The minimum Gasteiger partial charge on any atom is -0.326 e. The Labute approximate surface area is 159 Å². The minimum atomic E-state index is 0.129. The average molecular weight is 368 g/mol. The summed E-state index contributed by atoms with van der Waals surface area (Å²) in [6, 6.07) is 15.4. The monoisotopic (exact) mass is 367 g/mol. The normalized spacial score (nSPS) is 14.8. The SMILES string of the molecule is Cc1ccc(C(=O)CSc2ccc(NC(=O)C3CCCCC3)cc2)cc1. The number of amides is 1. The van der Waals surface area contributed by atoms with E-state index in [1.54, 1.807) is 0 Å². The van der Waals surface area contributed by atoms with Gasteiger partial charge in [-0.25, -0.2) is 0 Å². The Morgan fingerprint density at radius 1 is 0.962 bits per heavy atom. The molecule has 0 aromatic heterocycles. The molecular weight excluding hydrogens is 342 g/mol. The van der Waals surface area contributed by atoms with Crippen molar-refractivity contribution in [2.24, 2.45) is 5.92 Å². The van der Waals surface area contributed by atoms with Gasteiger partial charge in [0, 0.05) is 22.1 Å². The van der Waals surface area contributed by atoms with Crippen LogP contribution in [0.2, 0.25) is 0 Å². The lowest BCUT2D eigenvalue weighted by atomic mass is 9.88. The number of Topliss-reactive ketones (excluding diaryl/α,β-unsaturated/α-hetero) is 1. The highest BCUT2D eigenvalue weighted by molar-refractivity contribution is 8.00. The molecule has 0 unspecified atom stereocenters. The molecule has 2 aromatic carbocycles. The molecule has 3 nitrogen and oxygen atoms in total. The van der Waals surface area contributed by atoms with E-state index in [2.05, 4.69) is 5.32 Å². The number of carbonyl (C=O) groups is 2. The number of carbonyl (C=O) groups excluding carboxylic acids is 2. The quantitative estimate of drug-likeness (QED) is 0.542. The van der Waals surface area contributed by atoms with Crippen molar-refractivity contribution in [3.05, 3.63) is 59.7 Å². The van der Waals surface area contributed by atoms with Gasteiger partial charge in [0.25, 0.3) is 0 Å². The molecule has 0 bridgehead atoms. The molecule has 26 heavy (non-hydrogen) atoms. The van der Waals surface area contributed by atoms with E-state index in [0.29, 0.717) is 5.75 Å². The van der Waals surface area contributed by atoms with E-state index in [1.807, 2.05) is 55.5 Å². The predicted octanol–water partition coefficient (Wildman–Crippen LogP) is 5.49. The van der Waals surface area contributed by atoms with Crippen LogP contribution in [-0.2, 0) is 4.79 Å². The topological polar surface area (TPSA) is 46.2 Å². The summed E-state index contributed by atoms with van der Waals surface area (Å²) in [7, 11) is 0. The first-order valence-corrected chi connectivity index (χ1v) is 10.2. The number of aryl methyl sites for hydroxylation is 1. The van der Waals surface area contributed by atoms with Crippen molar-refractivity contribution in [3.8, 4) is 0 Å². The van der Waals surface area contributed by atoms with E-state index in [9.17, 15) is 9.59 Å². The first-order valence-electron chi connectivity index (χ1n) is 9.25. The molecule has 0 atom stereocenters. The molecule has 0 radical (unpaired) electrons. The van der Waals surface area contributed by atoms with Crippen LogP contribution in [0.3, 0.4) is 0 Å². The maximum atomic E-state index is 12.3. The van der Waals surface area contributed by atoms with Gasteiger partial charge in [0.1, 0.15) is 0 Å². The molecule has 0 heterocycles. The lowest BCUT2D eigenvalue weighted by Crippen LogP contribution is -2.24. The lowest BCUT2D eigenvalue weighted by molar-refractivity contribution is -0.120.